The van der Waals surface area contributed by atoms with Crippen LogP contribution < -0.4 is 15.6 Å². The minimum absolute atomic E-state index is 0.284. The van der Waals surface area contributed by atoms with Gasteiger partial charge in [-0.05, 0) is 46.7 Å². The van der Waals surface area contributed by atoms with Crippen molar-refractivity contribution in [3.05, 3.63) is 88.3 Å². The van der Waals surface area contributed by atoms with E-state index in [1.165, 1.54) is 27.1 Å². The first-order chi connectivity index (χ1) is 19.0. The van der Waals surface area contributed by atoms with Crippen LogP contribution in [0.5, 0.6) is 5.75 Å². The molecule has 2 aliphatic rings. The number of aromatic nitrogens is 3. The maximum absolute atomic E-state index is 13.4. The number of aliphatic carboxylic acids is 1. The number of hydrogen-bond acceptors (Lipinski definition) is 6. The zero-order valence-electron chi connectivity index (χ0n) is 21.3. The predicted octanol–water partition coefficient (Wildman–Crippen LogP) is 5.55. The third-order valence-electron chi connectivity index (χ3n) is 7.62. The molecule has 1 fully saturated rings. The van der Waals surface area contributed by atoms with Gasteiger partial charge in [0.1, 0.15) is 29.0 Å². The van der Waals surface area contributed by atoms with E-state index >= 15 is 0 Å². The summed E-state index contributed by atoms with van der Waals surface area (Å²) in [4.78, 5) is 30.3. The van der Waals surface area contributed by atoms with Gasteiger partial charge >= 0.3 is 5.97 Å². The number of fused-ring (bicyclic) bond motifs is 3. The fourth-order valence-corrected chi connectivity index (χ4v) is 6.97. The van der Waals surface area contributed by atoms with Crippen molar-refractivity contribution in [3.8, 4) is 17.0 Å². The largest absolute Gasteiger partial charge is 0.497 e. The van der Waals surface area contributed by atoms with E-state index in [9.17, 15) is 14.7 Å². The van der Waals surface area contributed by atoms with Gasteiger partial charge in [0.25, 0.3) is 5.56 Å². The third-order valence-corrected chi connectivity index (χ3v) is 8.79. The maximum atomic E-state index is 13.4. The van der Waals surface area contributed by atoms with E-state index in [0.29, 0.717) is 29.4 Å². The number of thioether (sulfide) groups is 1. The fraction of sp³-hybridized carbons (Fsp3) is 0.233. The molecule has 1 aliphatic carbocycles. The zero-order valence-corrected chi connectivity index (χ0v) is 22.1. The van der Waals surface area contributed by atoms with Gasteiger partial charge in [0.15, 0.2) is 0 Å². The number of anilines is 1. The van der Waals surface area contributed by atoms with Gasteiger partial charge in [-0.15, -0.1) is 11.8 Å². The van der Waals surface area contributed by atoms with Crippen LogP contribution in [0, 0.1) is 0 Å². The number of nitrogens with one attached hydrogen (secondary N) is 1. The summed E-state index contributed by atoms with van der Waals surface area (Å²) in [6, 6.07) is 19.1. The Hall–Kier alpha value is -4.24. The number of hydrogen-bond donors (Lipinski definition) is 2. The zero-order chi connectivity index (χ0) is 26.7. The van der Waals surface area contributed by atoms with Crippen LogP contribution >= 0.6 is 11.8 Å². The van der Waals surface area contributed by atoms with Crippen LogP contribution in [0.4, 0.5) is 5.82 Å². The van der Waals surface area contributed by atoms with Crippen LogP contribution in [-0.4, -0.2) is 37.9 Å². The minimum Gasteiger partial charge on any atom is -0.497 e. The molecule has 5 aromatic rings. The predicted molar refractivity (Wildman–Crippen MR) is 152 cm³/mol. The molecule has 8 nitrogen and oxygen atoms in total. The molecular weight excluding hydrogens is 512 g/mol. The van der Waals surface area contributed by atoms with E-state index in [1.807, 2.05) is 34.9 Å². The second-order valence-electron chi connectivity index (χ2n) is 10.0. The first-order valence-electron chi connectivity index (χ1n) is 13.0. The molecular formula is C30H26N4O4S. The van der Waals surface area contributed by atoms with Gasteiger partial charge in [-0.1, -0.05) is 42.5 Å². The molecule has 0 radical (unpaired) electrons. The van der Waals surface area contributed by atoms with Crippen LogP contribution in [0.1, 0.15) is 35.9 Å². The number of pyridine rings is 2. The Morgan fingerprint density at radius 2 is 1.97 bits per heavy atom. The van der Waals surface area contributed by atoms with Crippen LogP contribution in [0.15, 0.2) is 76.7 Å². The van der Waals surface area contributed by atoms with Crippen LogP contribution in [-0.2, 0) is 11.3 Å². The van der Waals surface area contributed by atoms with E-state index in [1.54, 1.807) is 13.2 Å². The van der Waals surface area contributed by atoms with E-state index in [4.69, 9.17) is 9.72 Å². The number of carboxylic acids is 1. The standard InChI is InChI=1S/C30H26N4O4S/c1-38-20-11-12-33-24(13-20)32-27(28(33)31-15-19-7-4-6-17-5-2-3-8-21(17)19)22-14-25(35)34-23(30(36)37)16-39-29(34)26(22)18-9-10-18/h2-8,11-14,18,23,31H,9-10,15-16H2,1H3,(H,36,37). The van der Waals surface area contributed by atoms with Crippen molar-refractivity contribution in [1.29, 1.82) is 0 Å². The highest BCUT2D eigenvalue weighted by Gasteiger charge is 2.39. The van der Waals surface area contributed by atoms with E-state index in [2.05, 4.69) is 35.6 Å². The Bertz CT molecular complexity index is 1830. The molecule has 1 aliphatic heterocycles. The number of nitrogens with zero attached hydrogens (tertiary/aromatic N) is 3. The number of imidazole rings is 1. The van der Waals surface area contributed by atoms with Gasteiger partial charge in [0, 0.05) is 36.2 Å². The molecule has 1 saturated carbocycles. The molecule has 1 unspecified atom stereocenters. The number of rotatable bonds is 7. The molecule has 7 rings (SSSR count). The molecule has 2 N–H and O–H groups in total. The van der Waals surface area contributed by atoms with E-state index in [0.717, 1.165) is 40.4 Å². The lowest BCUT2D eigenvalue weighted by molar-refractivity contribution is -0.140. The summed E-state index contributed by atoms with van der Waals surface area (Å²) in [5, 5.41) is 16.5. The lowest BCUT2D eigenvalue weighted by Gasteiger charge is -2.17. The molecule has 0 saturated heterocycles. The lowest BCUT2D eigenvalue weighted by Crippen LogP contribution is -2.29. The van der Waals surface area contributed by atoms with Crippen molar-refractivity contribution in [2.75, 3.05) is 18.2 Å². The van der Waals surface area contributed by atoms with Crippen molar-refractivity contribution in [1.82, 2.24) is 14.0 Å². The van der Waals surface area contributed by atoms with Crippen molar-refractivity contribution in [3.63, 3.8) is 0 Å². The monoisotopic (exact) mass is 538 g/mol. The van der Waals surface area contributed by atoms with Crippen molar-refractivity contribution in [2.24, 2.45) is 0 Å². The van der Waals surface area contributed by atoms with Gasteiger partial charge in [0.05, 0.1) is 12.1 Å². The second-order valence-corrected chi connectivity index (χ2v) is 11.0. The van der Waals surface area contributed by atoms with Gasteiger partial charge in [0.2, 0.25) is 0 Å². The van der Waals surface area contributed by atoms with Gasteiger partial charge in [-0.3, -0.25) is 13.8 Å². The minimum atomic E-state index is -0.977. The number of carboxylic acid groups (broad SMARTS) is 1. The fourth-order valence-electron chi connectivity index (χ4n) is 5.57. The average Bonchev–Trinajstić information content (AvgIpc) is 3.57. The number of ether oxygens (including phenoxy) is 1. The van der Waals surface area contributed by atoms with Crippen LogP contribution in [0.3, 0.4) is 0 Å². The highest BCUT2D eigenvalue weighted by Crippen LogP contribution is 2.51. The Labute approximate surface area is 228 Å². The first kappa shape index (κ1) is 23.8. The van der Waals surface area contributed by atoms with Crippen molar-refractivity contribution < 1.29 is 14.6 Å². The van der Waals surface area contributed by atoms with Crippen molar-refractivity contribution >= 4 is 40.0 Å². The molecule has 1 atom stereocenters. The molecule has 196 valence electrons. The Kier molecular flexibility index (Phi) is 5.62. The summed E-state index contributed by atoms with van der Waals surface area (Å²) < 4.78 is 8.90. The van der Waals surface area contributed by atoms with Gasteiger partial charge in [-0.25, -0.2) is 9.78 Å². The highest BCUT2D eigenvalue weighted by molar-refractivity contribution is 7.99. The third kappa shape index (κ3) is 3.96. The molecule has 0 amide bonds. The second kappa shape index (κ2) is 9.20. The van der Waals surface area contributed by atoms with Crippen LogP contribution in [0.25, 0.3) is 27.7 Å². The quantitative estimate of drug-likeness (QED) is 0.281. The molecule has 2 aromatic carbocycles. The molecule has 0 bridgehead atoms. The highest BCUT2D eigenvalue weighted by atomic mass is 32.2. The Morgan fingerprint density at radius 3 is 2.77 bits per heavy atom. The Morgan fingerprint density at radius 1 is 1.15 bits per heavy atom. The number of methoxy groups -OCH3 is 1. The number of carbonyl (C=O) groups is 1. The molecule has 39 heavy (non-hydrogen) atoms. The maximum Gasteiger partial charge on any atom is 0.327 e. The smallest absolute Gasteiger partial charge is 0.327 e. The summed E-state index contributed by atoms with van der Waals surface area (Å²) in [6.45, 7) is 0.562. The summed E-state index contributed by atoms with van der Waals surface area (Å²) in [5.74, 6) is 1.13. The average molecular weight is 539 g/mol. The first-order valence-corrected chi connectivity index (χ1v) is 13.9. The SMILES string of the molecule is COc1ccn2c(NCc3cccc4ccccc34)c(-c3cc(=O)n4c(c3C3CC3)SCC4C(=O)O)nc2c1. The molecule has 9 heteroatoms. The normalized spacial score (nSPS) is 16.5. The lowest BCUT2D eigenvalue weighted by atomic mass is 10.0. The summed E-state index contributed by atoms with van der Waals surface area (Å²) in [5.41, 5.74) is 4.03. The van der Waals surface area contributed by atoms with Gasteiger partial charge < -0.3 is 15.2 Å². The summed E-state index contributed by atoms with van der Waals surface area (Å²) in [7, 11) is 1.62. The Balaban J connectivity index is 1.40. The molecule has 3 aromatic heterocycles. The topological polar surface area (TPSA) is 97.9 Å². The molecule has 4 heterocycles. The van der Waals surface area contributed by atoms with Crippen LogP contribution in [0.2, 0.25) is 0 Å². The van der Waals surface area contributed by atoms with Crippen molar-refractivity contribution in [2.45, 2.75) is 36.4 Å². The van der Waals surface area contributed by atoms with E-state index < -0.39 is 12.0 Å². The number of benzene rings is 2. The van der Waals surface area contributed by atoms with Gasteiger partial charge in [-0.2, -0.15) is 0 Å². The molecule has 0 spiro atoms. The summed E-state index contributed by atoms with van der Waals surface area (Å²) in [6.07, 6.45) is 3.94. The van der Waals surface area contributed by atoms with E-state index in [-0.39, 0.29) is 11.5 Å². The summed E-state index contributed by atoms with van der Waals surface area (Å²) >= 11 is 1.46.